The first-order valence-corrected chi connectivity index (χ1v) is 11.8. The molecule has 0 saturated carbocycles. The SMILES string of the molecule is Cc1ccc(S(=O)(=O)[C@H](CNC(=O)C(=O)NCc2ccc(F)cc2)c2cccs2)cc1. The fourth-order valence-corrected chi connectivity index (χ4v) is 5.64. The van der Waals surface area contributed by atoms with Crippen LogP contribution in [0.25, 0.3) is 0 Å². The molecule has 0 aliphatic rings. The van der Waals surface area contributed by atoms with E-state index in [1.165, 1.54) is 47.7 Å². The van der Waals surface area contributed by atoms with Crippen LogP contribution in [0.5, 0.6) is 0 Å². The lowest BCUT2D eigenvalue weighted by atomic mass is 10.2. The summed E-state index contributed by atoms with van der Waals surface area (Å²) >= 11 is 1.26. The lowest BCUT2D eigenvalue weighted by molar-refractivity contribution is -0.139. The molecule has 0 spiro atoms. The number of thiophene rings is 1. The largest absolute Gasteiger partial charge is 0.346 e. The molecule has 1 heterocycles. The molecule has 0 unspecified atom stereocenters. The molecular weight excluding hydrogens is 439 g/mol. The summed E-state index contributed by atoms with van der Waals surface area (Å²) in [5.74, 6) is -2.24. The number of rotatable bonds is 7. The minimum atomic E-state index is -3.79. The van der Waals surface area contributed by atoms with Crippen LogP contribution in [0.1, 0.15) is 21.3 Å². The minimum Gasteiger partial charge on any atom is -0.346 e. The Morgan fingerprint density at radius 2 is 1.61 bits per heavy atom. The number of benzene rings is 2. The number of halogens is 1. The molecule has 0 radical (unpaired) electrons. The second-order valence-corrected chi connectivity index (χ2v) is 9.99. The quantitative estimate of drug-likeness (QED) is 0.530. The molecule has 0 saturated heterocycles. The van der Waals surface area contributed by atoms with Crippen molar-refractivity contribution in [1.29, 1.82) is 0 Å². The van der Waals surface area contributed by atoms with Crippen LogP contribution in [0.2, 0.25) is 0 Å². The third kappa shape index (κ3) is 5.77. The molecule has 2 N–H and O–H groups in total. The van der Waals surface area contributed by atoms with Crippen molar-refractivity contribution in [2.75, 3.05) is 6.54 Å². The highest BCUT2D eigenvalue weighted by atomic mass is 32.2. The molecule has 2 aromatic carbocycles. The monoisotopic (exact) mass is 460 g/mol. The summed E-state index contributed by atoms with van der Waals surface area (Å²) in [5.41, 5.74) is 1.55. The van der Waals surface area contributed by atoms with Crippen molar-refractivity contribution in [2.24, 2.45) is 0 Å². The first-order valence-electron chi connectivity index (χ1n) is 9.42. The van der Waals surface area contributed by atoms with Gasteiger partial charge in [0.25, 0.3) is 0 Å². The first-order chi connectivity index (χ1) is 14.8. The summed E-state index contributed by atoms with van der Waals surface area (Å²) in [6.07, 6.45) is 0. The lowest BCUT2D eigenvalue weighted by Crippen LogP contribution is -2.42. The van der Waals surface area contributed by atoms with Crippen LogP contribution in [-0.2, 0) is 26.0 Å². The maximum atomic E-state index is 13.2. The van der Waals surface area contributed by atoms with E-state index in [9.17, 15) is 22.4 Å². The van der Waals surface area contributed by atoms with Gasteiger partial charge < -0.3 is 10.6 Å². The number of carbonyl (C=O) groups excluding carboxylic acids is 2. The average Bonchev–Trinajstić information content (AvgIpc) is 3.27. The average molecular weight is 461 g/mol. The van der Waals surface area contributed by atoms with Crippen LogP contribution in [-0.4, -0.2) is 26.8 Å². The van der Waals surface area contributed by atoms with Crippen molar-refractivity contribution in [3.8, 4) is 0 Å². The van der Waals surface area contributed by atoms with Crippen molar-refractivity contribution in [1.82, 2.24) is 10.6 Å². The van der Waals surface area contributed by atoms with Crippen molar-refractivity contribution in [2.45, 2.75) is 23.6 Å². The number of nitrogens with one attached hydrogen (secondary N) is 2. The van der Waals surface area contributed by atoms with Crippen molar-refractivity contribution >= 4 is 33.0 Å². The summed E-state index contributed by atoms with van der Waals surface area (Å²) in [6, 6.07) is 15.4. The highest BCUT2D eigenvalue weighted by Gasteiger charge is 2.31. The molecule has 0 aliphatic heterocycles. The number of amides is 2. The predicted octanol–water partition coefficient (Wildman–Crippen LogP) is 3.14. The van der Waals surface area contributed by atoms with Crippen LogP contribution < -0.4 is 10.6 Å². The van der Waals surface area contributed by atoms with Gasteiger partial charge in [-0.05, 0) is 48.2 Å². The van der Waals surface area contributed by atoms with Gasteiger partial charge in [-0.3, -0.25) is 9.59 Å². The maximum absolute atomic E-state index is 13.2. The topological polar surface area (TPSA) is 92.3 Å². The zero-order valence-electron chi connectivity index (χ0n) is 16.7. The molecule has 3 aromatic rings. The van der Waals surface area contributed by atoms with Gasteiger partial charge in [0.1, 0.15) is 11.1 Å². The number of aryl methyl sites for hydroxylation is 1. The van der Waals surface area contributed by atoms with Crippen molar-refractivity contribution in [3.63, 3.8) is 0 Å². The highest BCUT2D eigenvalue weighted by molar-refractivity contribution is 7.91. The Morgan fingerprint density at radius 1 is 0.968 bits per heavy atom. The number of hydrogen-bond acceptors (Lipinski definition) is 5. The standard InChI is InChI=1S/C22H21FN2O4S2/c1-15-4-10-18(11-5-15)31(28,29)20(19-3-2-12-30-19)14-25-22(27)21(26)24-13-16-6-8-17(23)9-7-16/h2-12,20H,13-14H2,1H3,(H,24,26)(H,25,27)/t20-/m1/s1. The predicted molar refractivity (Wildman–Crippen MR) is 117 cm³/mol. The maximum Gasteiger partial charge on any atom is 0.309 e. The summed E-state index contributed by atoms with van der Waals surface area (Å²) in [5, 5.41) is 5.58. The van der Waals surface area contributed by atoms with Gasteiger partial charge in [0.05, 0.1) is 4.90 Å². The Balaban J connectivity index is 1.68. The normalized spacial score (nSPS) is 12.2. The van der Waals surface area contributed by atoms with Crippen LogP contribution in [0, 0.1) is 12.7 Å². The van der Waals surface area contributed by atoms with E-state index in [1.54, 1.807) is 29.6 Å². The first kappa shape index (κ1) is 22.6. The van der Waals surface area contributed by atoms with Crippen LogP contribution >= 0.6 is 11.3 Å². The molecule has 1 atom stereocenters. The Bertz CT molecular complexity index is 1140. The summed E-state index contributed by atoms with van der Waals surface area (Å²) in [7, 11) is -3.79. The molecule has 31 heavy (non-hydrogen) atoms. The van der Waals surface area contributed by atoms with E-state index < -0.39 is 32.7 Å². The molecule has 0 aliphatic carbocycles. The van der Waals surface area contributed by atoms with Crippen molar-refractivity contribution < 1.29 is 22.4 Å². The molecule has 0 bridgehead atoms. The molecular formula is C22H21FN2O4S2. The van der Waals surface area contributed by atoms with E-state index in [1.807, 2.05) is 6.92 Å². The number of hydrogen-bond donors (Lipinski definition) is 2. The van der Waals surface area contributed by atoms with Gasteiger partial charge in [0.2, 0.25) is 0 Å². The van der Waals surface area contributed by atoms with E-state index in [-0.39, 0.29) is 18.0 Å². The Morgan fingerprint density at radius 3 is 2.23 bits per heavy atom. The van der Waals surface area contributed by atoms with Crippen molar-refractivity contribution in [3.05, 3.63) is 87.9 Å². The summed E-state index contributed by atoms with van der Waals surface area (Å²) in [6.45, 7) is 1.65. The van der Waals surface area contributed by atoms with Gasteiger partial charge in [-0.1, -0.05) is 35.9 Å². The number of carbonyl (C=O) groups is 2. The third-order valence-electron chi connectivity index (χ3n) is 4.61. The molecule has 9 heteroatoms. The summed E-state index contributed by atoms with van der Waals surface area (Å²) in [4.78, 5) is 25.0. The van der Waals surface area contributed by atoms with Gasteiger partial charge in [0, 0.05) is 18.0 Å². The zero-order chi connectivity index (χ0) is 22.4. The Labute approximate surface area is 184 Å². The minimum absolute atomic E-state index is 0.0442. The van der Waals surface area contributed by atoms with Gasteiger partial charge >= 0.3 is 11.8 Å². The molecule has 3 rings (SSSR count). The third-order valence-corrected chi connectivity index (χ3v) is 7.84. The van der Waals surface area contributed by atoms with E-state index in [0.29, 0.717) is 10.4 Å². The molecule has 6 nitrogen and oxygen atoms in total. The molecule has 1 aromatic heterocycles. The molecule has 2 amide bonds. The second kappa shape index (κ2) is 9.84. The zero-order valence-corrected chi connectivity index (χ0v) is 18.3. The fraction of sp³-hybridized carbons (Fsp3) is 0.182. The second-order valence-electron chi connectivity index (χ2n) is 6.88. The lowest BCUT2D eigenvalue weighted by Gasteiger charge is -2.17. The van der Waals surface area contributed by atoms with Gasteiger partial charge in [-0.15, -0.1) is 11.3 Å². The summed E-state index contributed by atoms with van der Waals surface area (Å²) < 4.78 is 39.3. The Kier molecular flexibility index (Phi) is 7.19. The van der Waals surface area contributed by atoms with Crippen LogP contribution in [0.4, 0.5) is 4.39 Å². The van der Waals surface area contributed by atoms with Gasteiger partial charge in [-0.2, -0.15) is 0 Å². The highest BCUT2D eigenvalue weighted by Crippen LogP contribution is 2.31. The van der Waals surface area contributed by atoms with Crippen LogP contribution in [0.3, 0.4) is 0 Å². The number of sulfone groups is 1. The smallest absolute Gasteiger partial charge is 0.309 e. The van der Waals surface area contributed by atoms with E-state index in [2.05, 4.69) is 10.6 Å². The molecule has 162 valence electrons. The van der Waals surface area contributed by atoms with Crippen LogP contribution in [0.15, 0.2) is 70.9 Å². The van der Waals surface area contributed by atoms with E-state index in [4.69, 9.17) is 0 Å². The fourth-order valence-electron chi connectivity index (χ4n) is 2.86. The molecule has 0 fully saturated rings. The van der Waals surface area contributed by atoms with Gasteiger partial charge in [0.15, 0.2) is 9.84 Å². The Hall–Kier alpha value is -3.04. The van der Waals surface area contributed by atoms with E-state index in [0.717, 1.165) is 5.56 Å². The van der Waals surface area contributed by atoms with E-state index >= 15 is 0 Å². The van der Waals surface area contributed by atoms with Gasteiger partial charge in [-0.25, -0.2) is 12.8 Å².